The Bertz CT molecular complexity index is 536. The third-order valence-corrected chi connectivity index (χ3v) is 4.20. The first-order chi connectivity index (χ1) is 11.3. The molecule has 1 fully saturated rings. The van der Waals surface area contributed by atoms with E-state index in [1.54, 1.807) is 0 Å². The molecule has 1 aliphatic rings. The maximum atomic E-state index is 5.84. The van der Waals surface area contributed by atoms with E-state index in [4.69, 9.17) is 4.42 Å². The highest BCUT2D eigenvalue weighted by Crippen LogP contribution is 2.22. The lowest BCUT2D eigenvalue weighted by Crippen LogP contribution is -2.52. The summed E-state index contributed by atoms with van der Waals surface area (Å²) < 4.78 is 5.84. The minimum absolute atomic E-state index is 0.0142. The lowest BCUT2D eigenvalue weighted by molar-refractivity contribution is 0.163. The Labute approximate surface area is 146 Å². The van der Waals surface area contributed by atoms with E-state index in [1.165, 1.54) is 6.54 Å². The number of aliphatic imine (C=N–C) groups is 1. The number of rotatable bonds is 4. The van der Waals surface area contributed by atoms with Crippen LogP contribution in [0.2, 0.25) is 0 Å². The van der Waals surface area contributed by atoms with Crippen molar-refractivity contribution in [3.05, 3.63) is 17.8 Å². The summed E-state index contributed by atoms with van der Waals surface area (Å²) in [5, 5.41) is 3.38. The van der Waals surface area contributed by atoms with Gasteiger partial charge in [0.05, 0.1) is 12.7 Å². The highest BCUT2D eigenvalue weighted by atomic mass is 16.4. The second kappa shape index (κ2) is 8.01. The van der Waals surface area contributed by atoms with Gasteiger partial charge in [-0.2, -0.15) is 0 Å². The Kier molecular flexibility index (Phi) is 6.27. The molecule has 136 valence electrons. The van der Waals surface area contributed by atoms with Crippen LogP contribution in [0.25, 0.3) is 0 Å². The molecular weight excluding hydrogens is 302 g/mol. The first kappa shape index (κ1) is 18.8. The molecule has 0 atom stereocenters. The minimum atomic E-state index is -0.0142. The summed E-state index contributed by atoms with van der Waals surface area (Å²) in [6, 6.07) is 0. The molecule has 1 saturated heterocycles. The molecule has 0 aromatic carbocycles. The number of aromatic nitrogens is 1. The van der Waals surface area contributed by atoms with Crippen molar-refractivity contribution in [3.8, 4) is 0 Å². The number of guanidine groups is 1. The average Bonchev–Trinajstić information content (AvgIpc) is 2.98. The standard InChI is InChI=1S/C18H33N5O/c1-14(2)13-22-7-9-23(10-8-22)17(19-6)21-12-16-20-11-15(24-16)18(3,4)5/h11,14H,7-10,12-13H2,1-6H3,(H,19,21). The molecule has 6 heteroatoms. The molecular formula is C18H33N5O. The maximum absolute atomic E-state index is 5.84. The van der Waals surface area contributed by atoms with E-state index in [0.29, 0.717) is 12.4 Å². The fourth-order valence-corrected chi connectivity index (χ4v) is 2.88. The van der Waals surface area contributed by atoms with E-state index in [2.05, 4.69) is 59.7 Å². The summed E-state index contributed by atoms with van der Waals surface area (Å²) >= 11 is 0. The summed E-state index contributed by atoms with van der Waals surface area (Å²) in [5.41, 5.74) is -0.0142. The Morgan fingerprint density at radius 1 is 1.29 bits per heavy atom. The van der Waals surface area contributed by atoms with Crippen LogP contribution in [0, 0.1) is 5.92 Å². The normalized spacial score (nSPS) is 17.6. The van der Waals surface area contributed by atoms with Crippen molar-refractivity contribution in [2.75, 3.05) is 39.8 Å². The summed E-state index contributed by atoms with van der Waals surface area (Å²) in [6.45, 7) is 16.8. The Morgan fingerprint density at radius 2 is 1.96 bits per heavy atom. The van der Waals surface area contributed by atoms with Gasteiger partial charge >= 0.3 is 0 Å². The smallest absolute Gasteiger partial charge is 0.213 e. The maximum Gasteiger partial charge on any atom is 0.213 e. The van der Waals surface area contributed by atoms with E-state index < -0.39 is 0 Å². The largest absolute Gasteiger partial charge is 0.443 e. The van der Waals surface area contributed by atoms with Gasteiger partial charge in [-0.1, -0.05) is 34.6 Å². The molecule has 0 spiro atoms. The fraction of sp³-hybridized carbons (Fsp3) is 0.778. The van der Waals surface area contributed by atoms with Gasteiger partial charge in [0, 0.05) is 45.2 Å². The van der Waals surface area contributed by atoms with Gasteiger partial charge in [0.15, 0.2) is 5.96 Å². The number of piperazine rings is 1. The average molecular weight is 335 g/mol. The van der Waals surface area contributed by atoms with Gasteiger partial charge in [0.2, 0.25) is 5.89 Å². The predicted molar refractivity (Wildman–Crippen MR) is 98.3 cm³/mol. The summed E-state index contributed by atoms with van der Waals surface area (Å²) in [5.74, 6) is 3.27. The second-order valence-corrected chi connectivity index (χ2v) is 7.95. The number of nitrogens with one attached hydrogen (secondary N) is 1. The molecule has 0 amide bonds. The van der Waals surface area contributed by atoms with E-state index >= 15 is 0 Å². The SMILES string of the molecule is CN=C(NCc1ncc(C(C)(C)C)o1)N1CCN(CC(C)C)CC1. The first-order valence-electron chi connectivity index (χ1n) is 8.92. The summed E-state index contributed by atoms with van der Waals surface area (Å²) in [7, 11) is 1.83. The second-order valence-electron chi connectivity index (χ2n) is 7.95. The molecule has 6 nitrogen and oxygen atoms in total. The third kappa shape index (κ3) is 5.23. The van der Waals surface area contributed by atoms with Crippen LogP contribution in [0.4, 0.5) is 0 Å². The van der Waals surface area contributed by atoms with Gasteiger partial charge in [0.25, 0.3) is 0 Å². The molecule has 0 unspecified atom stereocenters. The highest BCUT2D eigenvalue weighted by Gasteiger charge is 2.21. The number of hydrogen-bond donors (Lipinski definition) is 1. The van der Waals surface area contributed by atoms with Crippen molar-refractivity contribution in [2.24, 2.45) is 10.9 Å². The van der Waals surface area contributed by atoms with Crippen LogP contribution in [0.5, 0.6) is 0 Å². The zero-order valence-electron chi connectivity index (χ0n) is 16.1. The molecule has 0 bridgehead atoms. The van der Waals surface area contributed by atoms with Gasteiger partial charge in [-0.15, -0.1) is 0 Å². The van der Waals surface area contributed by atoms with Crippen molar-refractivity contribution < 1.29 is 4.42 Å². The van der Waals surface area contributed by atoms with Crippen LogP contribution in [-0.2, 0) is 12.0 Å². The molecule has 2 rings (SSSR count). The molecule has 0 radical (unpaired) electrons. The molecule has 24 heavy (non-hydrogen) atoms. The van der Waals surface area contributed by atoms with Gasteiger partial charge in [-0.25, -0.2) is 4.98 Å². The van der Waals surface area contributed by atoms with Crippen molar-refractivity contribution in [1.82, 2.24) is 20.1 Å². The molecule has 2 heterocycles. The van der Waals surface area contributed by atoms with Crippen molar-refractivity contribution in [1.29, 1.82) is 0 Å². The fourth-order valence-electron chi connectivity index (χ4n) is 2.88. The quantitative estimate of drug-likeness (QED) is 0.676. The molecule has 1 aliphatic heterocycles. The Balaban J connectivity index is 1.84. The Morgan fingerprint density at radius 3 is 2.46 bits per heavy atom. The van der Waals surface area contributed by atoms with Gasteiger partial charge < -0.3 is 14.6 Å². The number of oxazole rings is 1. The molecule has 0 aliphatic carbocycles. The van der Waals surface area contributed by atoms with Crippen LogP contribution in [-0.4, -0.2) is 60.5 Å². The topological polar surface area (TPSA) is 56.9 Å². The molecule has 1 aromatic rings. The third-order valence-electron chi connectivity index (χ3n) is 4.20. The monoisotopic (exact) mass is 335 g/mol. The Hall–Kier alpha value is -1.56. The van der Waals surface area contributed by atoms with Gasteiger partial charge in [-0.3, -0.25) is 9.89 Å². The van der Waals surface area contributed by atoms with Crippen LogP contribution in [0.15, 0.2) is 15.6 Å². The number of hydrogen-bond acceptors (Lipinski definition) is 4. The minimum Gasteiger partial charge on any atom is -0.443 e. The van der Waals surface area contributed by atoms with Crippen LogP contribution in [0.1, 0.15) is 46.3 Å². The van der Waals surface area contributed by atoms with E-state index in [9.17, 15) is 0 Å². The van der Waals surface area contributed by atoms with E-state index in [1.807, 2.05) is 13.2 Å². The predicted octanol–water partition coefficient (Wildman–Crippen LogP) is 2.32. The zero-order valence-corrected chi connectivity index (χ0v) is 16.1. The van der Waals surface area contributed by atoms with E-state index in [0.717, 1.165) is 43.8 Å². The van der Waals surface area contributed by atoms with Crippen LogP contribution < -0.4 is 5.32 Å². The summed E-state index contributed by atoms with van der Waals surface area (Å²) in [6.07, 6.45) is 1.82. The van der Waals surface area contributed by atoms with E-state index in [-0.39, 0.29) is 5.41 Å². The zero-order chi connectivity index (χ0) is 17.7. The van der Waals surface area contributed by atoms with Crippen LogP contribution >= 0.6 is 0 Å². The first-order valence-corrected chi connectivity index (χ1v) is 8.92. The van der Waals surface area contributed by atoms with Gasteiger partial charge in [0.1, 0.15) is 5.76 Å². The highest BCUT2D eigenvalue weighted by molar-refractivity contribution is 5.79. The number of nitrogens with zero attached hydrogens (tertiary/aromatic N) is 4. The molecule has 0 saturated carbocycles. The van der Waals surface area contributed by atoms with Crippen molar-refractivity contribution in [2.45, 2.75) is 46.6 Å². The van der Waals surface area contributed by atoms with Crippen molar-refractivity contribution in [3.63, 3.8) is 0 Å². The summed E-state index contributed by atoms with van der Waals surface area (Å²) in [4.78, 5) is 13.6. The lowest BCUT2D eigenvalue weighted by Gasteiger charge is -2.37. The lowest BCUT2D eigenvalue weighted by atomic mass is 9.94. The van der Waals surface area contributed by atoms with Gasteiger partial charge in [-0.05, 0) is 5.92 Å². The van der Waals surface area contributed by atoms with Crippen molar-refractivity contribution >= 4 is 5.96 Å². The molecule has 1 N–H and O–H groups in total. The molecule has 1 aromatic heterocycles. The van der Waals surface area contributed by atoms with Crippen LogP contribution in [0.3, 0.4) is 0 Å².